The molecule has 0 aromatic heterocycles. The largest absolute Gasteiger partial charge is 0.393 e. The zero-order valence-electron chi connectivity index (χ0n) is 8.45. The lowest BCUT2D eigenvalue weighted by molar-refractivity contribution is 0.0257. The lowest BCUT2D eigenvalue weighted by Crippen LogP contribution is -2.52. The van der Waals surface area contributed by atoms with E-state index >= 15 is 0 Å². The smallest absolute Gasteiger partial charge is 0.317 e. The molecule has 1 rings (SSSR count). The molecule has 76 valence electrons. The van der Waals surface area contributed by atoms with Gasteiger partial charge in [-0.05, 0) is 26.7 Å². The molecule has 4 nitrogen and oxygen atoms in total. The predicted octanol–water partition coefficient (Wildman–Crippen LogP) is 0.559. The molecule has 4 heteroatoms. The van der Waals surface area contributed by atoms with Crippen molar-refractivity contribution in [3.05, 3.63) is 0 Å². The predicted molar refractivity (Wildman–Crippen MR) is 50.5 cm³/mol. The number of nitrogens with zero attached hydrogens (tertiary/aromatic N) is 1. The second kappa shape index (κ2) is 3.96. The van der Waals surface area contributed by atoms with Gasteiger partial charge in [-0.15, -0.1) is 0 Å². The van der Waals surface area contributed by atoms with Crippen molar-refractivity contribution in [2.75, 3.05) is 7.05 Å². The average molecular weight is 186 g/mol. The van der Waals surface area contributed by atoms with E-state index in [0.717, 1.165) is 0 Å². The minimum atomic E-state index is -0.209. The number of nitrogens with one attached hydrogen (secondary N) is 1. The molecule has 1 fully saturated rings. The summed E-state index contributed by atoms with van der Waals surface area (Å²) < 4.78 is 0. The molecule has 2 amide bonds. The Hall–Kier alpha value is -0.770. The summed E-state index contributed by atoms with van der Waals surface area (Å²) in [5.41, 5.74) is 0. The molecule has 2 N–H and O–H groups in total. The lowest BCUT2D eigenvalue weighted by atomic mass is 9.88. The summed E-state index contributed by atoms with van der Waals surface area (Å²) in [5, 5.41) is 11.9. The Morgan fingerprint density at radius 1 is 1.54 bits per heavy atom. The Balaban J connectivity index is 2.30. The van der Waals surface area contributed by atoms with Crippen LogP contribution in [0.5, 0.6) is 0 Å². The molecule has 0 aliphatic heterocycles. The van der Waals surface area contributed by atoms with Crippen LogP contribution >= 0.6 is 0 Å². The van der Waals surface area contributed by atoms with Crippen LogP contribution in [0.25, 0.3) is 0 Å². The van der Waals surface area contributed by atoms with Crippen LogP contribution in [0, 0.1) is 0 Å². The Kier molecular flexibility index (Phi) is 3.14. The molecular weight excluding hydrogens is 168 g/mol. The first-order valence-corrected chi connectivity index (χ1v) is 4.72. The number of hydrogen-bond donors (Lipinski definition) is 2. The van der Waals surface area contributed by atoms with Gasteiger partial charge in [0.1, 0.15) is 0 Å². The third-order valence-corrected chi connectivity index (χ3v) is 2.37. The van der Waals surface area contributed by atoms with Crippen molar-refractivity contribution in [3.8, 4) is 0 Å². The molecule has 0 radical (unpaired) electrons. The maximum atomic E-state index is 11.4. The molecule has 1 aliphatic rings. The van der Waals surface area contributed by atoms with Gasteiger partial charge in [-0.3, -0.25) is 0 Å². The highest BCUT2D eigenvalue weighted by Gasteiger charge is 2.32. The Morgan fingerprint density at radius 2 is 2.08 bits per heavy atom. The molecule has 13 heavy (non-hydrogen) atoms. The lowest BCUT2D eigenvalue weighted by Gasteiger charge is -2.38. The Bertz CT molecular complexity index is 188. The first kappa shape index (κ1) is 10.3. The fourth-order valence-electron chi connectivity index (χ4n) is 1.39. The number of aliphatic hydroxyl groups is 1. The first-order valence-electron chi connectivity index (χ1n) is 4.72. The maximum Gasteiger partial charge on any atom is 0.317 e. The van der Waals surface area contributed by atoms with Gasteiger partial charge in [0.05, 0.1) is 6.10 Å². The third-order valence-electron chi connectivity index (χ3n) is 2.37. The molecule has 0 bridgehead atoms. The van der Waals surface area contributed by atoms with E-state index in [0.29, 0.717) is 12.8 Å². The van der Waals surface area contributed by atoms with Gasteiger partial charge in [-0.1, -0.05) is 0 Å². The summed E-state index contributed by atoms with van der Waals surface area (Å²) in [4.78, 5) is 13.1. The van der Waals surface area contributed by atoms with Crippen molar-refractivity contribution in [2.45, 2.75) is 44.9 Å². The number of aliphatic hydroxyl groups excluding tert-OH is 1. The second-order valence-electron chi connectivity index (χ2n) is 3.99. The van der Waals surface area contributed by atoms with Crippen LogP contribution in [0.3, 0.4) is 0 Å². The maximum absolute atomic E-state index is 11.4. The van der Waals surface area contributed by atoms with E-state index in [1.165, 1.54) is 0 Å². The van der Waals surface area contributed by atoms with Crippen LogP contribution in [-0.4, -0.2) is 41.3 Å². The van der Waals surface area contributed by atoms with Crippen LogP contribution < -0.4 is 5.32 Å². The van der Waals surface area contributed by atoms with Crippen molar-refractivity contribution in [1.29, 1.82) is 0 Å². The molecule has 1 aliphatic carbocycles. The van der Waals surface area contributed by atoms with Crippen LogP contribution in [0.1, 0.15) is 26.7 Å². The zero-order chi connectivity index (χ0) is 10.0. The fraction of sp³-hybridized carbons (Fsp3) is 0.889. The van der Waals surface area contributed by atoms with E-state index in [1.54, 1.807) is 11.9 Å². The normalized spacial score (nSPS) is 26.8. The molecule has 0 heterocycles. The standard InChI is InChI=1S/C9H18N2O2/c1-6(2)10-9(13)11(3)7-4-8(12)5-7/h6-8,12H,4-5H2,1-3H3,(H,10,13). The number of urea groups is 1. The molecule has 0 saturated heterocycles. The summed E-state index contributed by atoms with van der Waals surface area (Å²) in [7, 11) is 1.77. The topological polar surface area (TPSA) is 52.6 Å². The molecule has 0 atom stereocenters. The van der Waals surface area contributed by atoms with E-state index in [9.17, 15) is 4.79 Å². The summed E-state index contributed by atoms with van der Waals surface area (Å²) in [6.07, 6.45) is 1.21. The van der Waals surface area contributed by atoms with Gasteiger partial charge in [0.2, 0.25) is 0 Å². The summed E-state index contributed by atoms with van der Waals surface area (Å²) >= 11 is 0. The highest BCUT2D eigenvalue weighted by atomic mass is 16.3. The van der Waals surface area contributed by atoms with Crippen molar-refractivity contribution in [2.24, 2.45) is 0 Å². The Morgan fingerprint density at radius 3 is 2.46 bits per heavy atom. The Labute approximate surface area is 78.9 Å². The first-order chi connectivity index (χ1) is 6.00. The van der Waals surface area contributed by atoms with Crippen LogP contribution in [0.15, 0.2) is 0 Å². The van der Waals surface area contributed by atoms with Gasteiger partial charge in [-0.2, -0.15) is 0 Å². The number of amides is 2. The van der Waals surface area contributed by atoms with Crippen molar-refractivity contribution in [1.82, 2.24) is 10.2 Å². The van der Waals surface area contributed by atoms with Crippen molar-refractivity contribution < 1.29 is 9.90 Å². The van der Waals surface area contributed by atoms with Crippen molar-refractivity contribution >= 4 is 6.03 Å². The number of carbonyl (C=O) groups excluding carboxylic acids is 1. The second-order valence-corrected chi connectivity index (χ2v) is 3.99. The molecule has 1 saturated carbocycles. The van der Waals surface area contributed by atoms with E-state index in [4.69, 9.17) is 5.11 Å². The highest BCUT2D eigenvalue weighted by molar-refractivity contribution is 5.74. The number of carbonyl (C=O) groups is 1. The monoisotopic (exact) mass is 186 g/mol. The van der Waals surface area contributed by atoms with Crippen LogP contribution in [0.4, 0.5) is 4.79 Å². The molecule has 0 spiro atoms. The van der Waals surface area contributed by atoms with Crippen LogP contribution in [0.2, 0.25) is 0 Å². The van der Waals surface area contributed by atoms with Gasteiger partial charge >= 0.3 is 6.03 Å². The van der Waals surface area contributed by atoms with Gasteiger partial charge in [0.15, 0.2) is 0 Å². The zero-order valence-corrected chi connectivity index (χ0v) is 8.45. The molecule has 0 unspecified atom stereocenters. The minimum Gasteiger partial charge on any atom is -0.393 e. The summed E-state index contributed by atoms with van der Waals surface area (Å²) in [6, 6.07) is 0.334. The van der Waals surface area contributed by atoms with E-state index in [2.05, 4.69) is 5.32 Å². The van der Waals surface area contributed by atoms with E-state index in [1.807, 2.05) is 13.8 Å². The van der Waals surface area contributed by atoms with Gasteiger partial charge in [0, 0.05) is 19.1 Å². The summed E-state index contributed by atoms with van der Waals surface area (Å²) in [6.45, 7) is 3.86. The minimum absolute atomic E-state index is 0.0492. The van der Waals surface area contributed by atoms with Gasteiger partial charge < -0.3 is 15.3 Å². The average Bonchev–Trinajstić information content (AvgIpc) is 1.96. The van der Waals surface area contributed by atoms with Gasteiger partial charge in [0.25, 0.3) is 0 Å². The molecular formula is C9H18N2O2. The SMILES string of the molecule is CC(C)NC(=O)N(C)C1CC(O)C1. The van der Waals surface area contributed by atoms with E-state index in [-0.39, 0.29) is 24.2 Å². The molecule has 0 aromatic carbocycles. The third kappa shape index (κ3) is 2.59. The van der Waals surface area contributed by atoms with E-state index < -0.39 is 0 Å². The highest BCUT2D eigenvalue weighted by Crippen LogP contribution is 2.24. The molecule has 0 aromatic rings. The van der Waals surface area contributed by atoms with Gasteiger partial charge in [-0.25, -0.2) is 4.79 Å². The number of hydrogen-bond acceptors (Lipinski definition) is 2. The van der Waals surface area contributed by atoms with Crippen LogP contribution in [-0.2, 0) is 0 Å². The summed E-state index contributed by atoms with van der Waals surface area (Å²) in [5.74, 6) is 0. The fourth-order valence-corrected chi connectivity index (χ4v) is 1.39. The van der Waals surface area contributed by atoms with Crippen molar-refractivity contribution in [3.63, 3.8) is 0 Å². The quantitative estimate of drug-likeness (QED) is 0.662. The number of rotatable bonds is 2.